The highest BCUT2D eigenvalue weighted by Gasteiger charge is 2.20. The van der Waals surface area contributed by atoms with E-state index in [0.717, 1.165) is 12.0 Å². The summed E-state index contributed by atoms with van der Waals surface area (Å²) in [7, 11) is 3.29. The molecule has 1 N–H and O–H groups in total. The fourth-order valence-electron chi connectivity index (χ4n) is 2.56. The van der Waals surface area contributed by atoms with Crippen LogP contribution in [0.2, 0.25) is 0 Å². The third-order valence-electron chi connectivity index (χ3n) is 3.74. The summed E-state index contributed by atoms with van der Waals surface area (Å²) in [6.07, 6.45) is 0.836. The summed E-state index contributed by atoms with van der Waals surface area (Å²) >= 11 is 0. The molecule has 2 aromatic rings. The molecule has 0 saturated carbocycles. The second kappa shape index (κ2) is 6.29. The first-order valence-electron chi connectivity index (χ1n) is 7.28. The zero-order valence-electron chi connectivity index (χ0n) is 13.0. The monoisotopic (exact) mass is 318 g/mol. The van der Waals surface area contributed by atoms with Crippen LogP contribution >= 0.6 is 0 Å². The molecule has 7 heteroatoms. The van der Waals surface area contributed by atoms with Crippen LogP contribution in [0.15, 0.2) is 24.3 Å². The maximum atomic E-state index is 11.1. The van der Waals surface area contributed by atoms with Gasteiger partial charge in [-0.25, -0.2) is 4.79 Å². The minimum Gasteiger partial charge on any atom is -0.493 e. The summed E-state index contributed by atoms with van der Waals surface area (Å²) in [5, 5.41) is 13.0. The Labute approximate surface area is 133 Å². The molecule has 1 saturated heterocycles. The molecule has 23 heavy (non-hydrogen) atoms. The van der Waals surface area contributed by atoms with Gasteiger partial charge in [-0.15, -0.1) is 0 Å². The Morgan fingerprint density at radius 1 is 1.39 bits per heavy atom. The van der Waals surface area contributed by atoms with Gasteiger partial charge in [-0.05, 0) is 24.3 Å². The molecule has 1 aromatic heterocycles. The molecule has 3 rings (SSSR count). The fraction of sp³-hybridized carbons (Fsp3) is 0.375. The number of benzene rings is 1. The van der Waals surface area contributed by atoms with Crippen LogP contribution in [0.3, 0.4) is 0 Å². The predicted octanol–water partition coefficient (Wildman–Crippen LogP) is 1.96. The van der Waals surface area contributed by atoms with Crippen molar-refractivity contribution in [2.24, 2.45) is 7.05 Å². The van der Waals surface area contributed by atoms with E-state index in [1.165, 1.54) is 10.7 Å². The number of carboxylic acids is 1. The average molecular weight is 318 g/mol. The van der Waals surface area contributed by atoms with Crippen LogP contribution in [0.1, 0.15) is 16.9 Å². The summed E-state index contributed by atoms with van der Waals surface area (Å²) < 4.78 is 18.2. The molecule has 0 amide bonds. The van der Waals surface area contributed by atoms with E-state index >= 15 is 0 Å². The number of methoxy groups -OCH3 is 1. The Morgan fingerprint density at radius 3 is 2.83 bits per heavy atom. The van der Waals surface area contributed by atoms with E-state index in [0.29, 0.717) is 30.4 Å². The van der Waals surface area contributed by atoms with Crippen LogP contribution in [0.25, 0.3) is 11.3 Å². The molecule has 0 bridgehead atoms. The Bertz CT molecular complexity index is 719. The van der Waals surface area contributed by atoms with E-state index in [-0.39, 0.29) is 11.8 Å². The van der Waals surface area contributed by atoms with E-state index in [1.807, 2.05) is 12.1 Å². The van der Waals surface area contributed by atoms with Crippen molar-refractivity contribution < 1.29 is 24.1 Å². The lowest BCUT2D eigenvalue weighted by molar-refractivity contribution is 0.0689. The van der Waals surface area contributed by atoms with Gasteiger partial charge in [0.1, 0.15) is 6.10 Å². The topological polar surface area (TPSA) is 82.8 Å². The minimum absolute atomic E-state index is 0.000248. The van der Waals surface area contributed by atoms with Gasteiger partial charge in [0, 0.05) is 19.0 Å². The fourth-order valence-corrected chi connectivity index (χ4v) is 2.56. The standard InChI is InChI=1S/C16H18N2O5/c1-18-13(8-12(17-18)16(19)20)10-3-4-14(21-2)15(7-10)23-11-5-6-22-9-11/h3-4,7-8,11H,5-6,9H2,1-2H3,(H,19,20). The van der Waals surface area contributed by atoms with Crippen LogP contribution in [0.5, 0.6) is 11.5 Å². The third-order valence-corrected chi connectivity index (χ3v) is 3.74. The number of carboxylic acid groups (broad SMARTS) is 1. The summed E-state index contributed by atoms with van der Waals surface area (Å²) in [5.74, 6) is 0.180. The molecular formula is C16H18N2O5. The molecule has 1 aliphatic heterocycles. The maximum Gasteiger partial charge on any atom is 0.356 e. The molecule has 1 unspecified atom stereocenters. The van der Waals surface area contributed by atoms with Crippen LogP contribution in [0.4, 0.5) is 0 Å². The molecule has 1 fully saturated rings. The summed E-state index contributed by atoms with van der Waals surface area (Å²) in [4.78, 5) is 11.1. The molecular weight excluding hydrogens is 300 g/mol. The molecule has 0 aliphatic carbocycles. The minimum atomic E-state index is -1.06. The van der Waals surface area contributed by atoms with Crippen LogP contribution in [0, 0.1) is 0 Å². The van der Waals surface area contributed by atoms with Crippen molar-refractivity contribution in [2.45, 2.75) is 12.5 Å². The van der Waals surface area contributed by atoms with E-state index in [9.17, 15) is 4.79 Å². The van der Waals surface area contributed by atoms with Crippen LogP contribution < -0.4 is 9.47 Å². The van der Waals surface area contributed by atoms with Gasteiger partial charge in [0.25, 0.3) is 0 Å². The molecule has 1 aliphatic rings. The van der Waals surface area contributed by atoms with Gasteiger partial charge in [0.2, 0.25) is 0 Å². The largest absolute Gasteiger partial charge is 0.493 e. The highest BCUT2D eigenvalue weighted by molar-refractivity contribution is 5.87. The molecule has 0 radical (unpaired) electrons. The van der Waals surface area contributed by atoms with E-state index in [1.54, 1.807) is 20.2 Å². The molecule has 0 spiro atoms. The van der Waals surface area contributed by atoms with Crippen molar-refractivity contribution in [2.75, 3.05) is 20.3 Å². The second-order valence-corrected chi connectivity index (χ2v) is 5.31. The lowest BCUT2D eigenvalue weighted by Gasteiger charge is -2.16. The normalized spacial score (nSPS) is 17.2. The highest BCUT2D eigenvalue weighted by atomic mass is 16.6. The van der Waals surface area contributed by atoms with Gasteiger partial charge in [0.05, 0.1) is 26.0 Å². The van der Waals surface area contributed by atoms with Gasteiger partial charge < -0.3 is 19.3 Å². The Morgan fingerprint density at radius 2 is 2.22 bits per heavy atom. The highest BCUT2D eigenvalue weighted by Crippen LogP contribution is 2.34. The van der Waals surface area contributed by atoms with E-state index in [2.05, 4.69) is 5.10 Å². The quantitative estimate of drug-likeness (QED) is 0.907. The van der Waals surface area contributed by atoms with Gasteiger partial charge in [-0.2, -0.15) is 5.10 Å². The molecule has 7 nitrogen and oxygen atoms in total. The number of aromatic carboxylic acids is 1. The van der Waals surface area contributed by atoms with E-state index < -0.39 is 5.97 Å². The maximum absolute atomic E-state index is 11.1. The first-order valence-corrected chi connectivity index (χ1v) is 7.28. The first kappa shape index (κ1) is 15.4. The molecule has 1 atom stereocenters. The third kappa shape index (κ3) is 3.14. The van der Waals surface area contributed by atoms with Crippen molar-refractivity contribution in [1.29, 1.82) is 0 Å². The average Bonchev–Trinajstić information content (AvgIpc) is 3.17. The van der Waals surface area contributed by atoms with Crippen molar-refractivity contribution in [3.8, 4) is 22.8 Å². The SMILES string of the molecule is COc1ccc(-c2cc(C(=O)O)nn2C)cc1OC1CCOC1. The van der Waals surface area contributed by atoms with Gasteiger partial charge in [-0.1, -0.05) is 0 Å². The molecule has 1 aromatic carbocycles. The molecule has 122 valence electrons. The van der Waals surface area contributed by atoms with Crippen LogP contribution in [-0.4, -0.2) is 47.3 Å². The van der Waals surface area contributed by atoms with Gasteiger partial charge in [-0.3, -0.25) is 4.68 Å². The zero-order chi connectivity index (χ0) is 16.4. The Kier molecular flexibility index (Phi) is 4.20. The number of aromatic nitrogens is 2. The number of carbonyl (C=O) groups is 1. The first-order chi connectivity index (χ1) is 11.1. The van der Waals surface area contributed by atoms with Gasteiger partial charge in [0.15, 0.2) is 17.2 Å². The number of hydrogen-bond donors (Lipinski definition) is 1. The number of nitrogens with zero attached hydrogens (tertiary/aromatic N) is 2. The summed E-state index contributed by atoms with van der Waals surface area (Å²) in [6.45, 7) is 1.25. The summed E-state index contributed by atoms with van der Waals surface area (Å²) in [6, 6.07) is 7.01. The van der Waals surface area contributed by atoms with Crippen LogP contribution in [-0.2, 0) is 11.8 Å². The van der Waals surface area contributed by atoms with Crippen molar-refractivity contribution in [3.63, 3.8) is 0 Å². The number of aryl methyl sites for hydroxylation is 1. The summed E-state index contributed by atoms with van der Waals surface area (Å²) in [5.41, 5.74) is 1.50. The lowest BCUT2D eigenvalue weighted by Crippen LogP contribution is -2.16. The Hall–Kier alpha value is -2.54. The van der Waals surface area contributed by atoms with Gasteiger partial charge >= 0.3 is 5.97 Å². The van der Waals surface area contributed by atoms with E-state index in [4.69, 9.17) is 19.3 Å². The zero-order valence-corrected chi connectivity index (χ0v) is 13.0. The number of rotatable bonds is 5. The second-order valence-electron chi connectivity index (χ2n) is 5.31. The van der Waals surface area contributed by atoms with Crippen molar-refractivity contribution >= 4 is 5.97 Å². The van der Waals surface area contributed by atoms with Crippen molar-refractivity contribution in [1.82, 2.24) is 9.78 Å². The lowest BCUT2D eigenvalue weighted by atomic mass is 10.1. The van der Waals surface area contributed by atoms with Crippen molar-refractivity contribution in [3.05, 3.63) is 30.0 Å². The number of ether oxygens (including phenoxy) is 3. The molecule has 2 heterocycles. The predicted molar refractivity (Wildman–Crippen MR) is 82.0 cm³/mol. The smallest absolute Gasteiger partial charge is 0.356 e. The number of hydrogen-bond acceptors (Lipinski definition) is 5. The Balaban J connectivity index is 1.95.